The van der Waals surface area contributed by atoms with Crippen molar-refractivity contribution in [3.63, 3.8) is 0 Å². The number of halogens is 1. The van der Waals surface area contributed by atoms with Crippen LogP contribution in [0.25, 0.3) is 33.4 Å². The van der Waals surface area contributed by atoms with Gasteiger partial charge in [0.05, 0.1) is 57.6 Å². The number of aromatic carboxylic acids is 2. The monoisotopic (exact) mass is 1430 g/mol. The Morgan fingerprint density at radius 3 is 0.971 bits per heavy atom. The summed E-state index contributed by atoms with van der Waals surface area (Å²) in [6.07, 6.45) is 4.22. The van der Waals surface area contributed by atoms with Gasteiger partial charge in [0.25, 0.3) is 17.7 Å². The number of rotatable bonds is 18. The first kappa shape index (κ1) is 76.0. The molecule has 538 valence electrons. The van der Waals surface area contributed by atoms with Crippen molar-refractivity contribution in [2.45, 2.75) is 70.7 Å². The van der Waals surface area contributed by atoms with E-state index in [1.165, 1.54) is 62.6 Å². The number of carboxylic acids is 2. The minimum absolute atomic E-state index is 0. The van der Waals surface area contributed by atoms with E-state index >= 15 is 0 Å². The lowest BCUT2D eigenvalue weighted by Crippen LogP contribution is -2.40. The fourth-order valence-corrected chi connectivity index (χ4v) is 12.0. The number of benzene rings is 9. The Balaban J connectivity index is 0.000000180. The summed E-state index contributed by atoms with van der Waals surface area (Å²) in [5.74, 6) is -4.10. The van der Waals surface area contributed by atoms with Gasteiger partial charge >= 0.3 is 17.9 Å². The molecular formula is C80H79ClN6O17. The van der Waals surface area contributed by atoms with E-state index in [0.717, 1.165) is 59.3 Å². The quantitative estimate of drug-likeness (QED) is 0.0360. The van der Waals surface area contributed by atoms with Crippen LogP contribution in [0.3, 0.4) is 0 Å². The lowest BCUT2D eigenvalue weighted by atomic mass is 10.0. The standard InChI is InChI=1S/C28H28N2O6.C27H26N2O6.C25H24N2O5.ClH/c1-18(31)30-14-12-21(13-15-30)36-22-9-11-26(32)24(17-22)27(33)29-25-16-20(19-6-4-3-5-7-19)8-10-23(25)28(34)35-2;1-17(30)29-13-11-20(12-14-29)35-21-8-10-25(31)23(16-21)26(32)28-24-15-19(7-9-22(24)27(33)34)18-5-3-2-4-6-18;28-23-9-7-19(32-18-10-12-26-13-11-18)15-21(23)24(29)27-22-14-17(6-8-20(22)25(30)31)16-4-2-1-3-5-16;/h3-11,16-17,21,32H,12-15H2,1-2H3,(H,29,33);2-10,15-16,20,31H,11-14H2,1H3,(H,28,32)(H,33,34);1-9,14-15,18,26,28H,10-13H2,(H,27,29)(H,30,31);1H. The van der Waals surface area contributed by atoms with Crippen LogP contribution in [-0.2, 0) is 14.3 Å². The maximum Gasteiger partial charge on any atom is 0.339 e. The van der Waals surface area contributed by atoms with Gasteiger partial charge in [0.2, 0.25) is 11.8 Å². The summed E-state index contributed by atoms with van der Waals surface area (Å²) in [7, 11) is 1.27. The fourth-order valence-electron chi connectivity index (χ4n) is 12.0. The highest BCUT2D eigenvalue weighted by Gasteiger charge is 2.27. The van der Waals surface area contributed by atoms with Gasteiger partial charge < -0.3 is 75.5 Å². The predicted octanol–water partition coefficient (Wildman–Crippen LogP) is 13.4. The van der Waals surface area contributed by atoms with Gasteiger partial charge in [-0.3, -0.25) is 24.0 Å². The number of carbonyl (C=O) groups is 8. The SMILES string of the molecule is CC(=O)N1CCC(Oc2ccc(O)c(C(=O)Nc3cc(-c4ccccc4)ccc3C(=O)O)c2)CC1.COC(=O)c1ccc(-c2ccccc2)cc1NC(=O)c1cc(OC2CCN(C(C)=O)CC2)ccc1O.Cl.O=C(Nc1cc(-c2ccccc2)ccc1C(=O)O)c1cc(OC2CCNCC2)ccc1O. The Kier molecular flexibility index (Phi) is 26.2. The number of piperidine rings is 3. The Bertz CT molecular complexity index is 4560. The molecule has 3 saturated heterocycles. The summed E-state index contributed by atoms with van der Waals surface area (Å²) in [6, 6.07) is 56.3. The fraction of sp³-hybridized carbons (Fsp3) is 0.225. The minimum atomic E-state index is -1.18. The van der Waals surface area contributed by atoms with Crippen LogP contribution in [0, 0.1) is 0 Å². The number of likely N-dealkylation sites (tertiary alicyclic amines) is 2. The molecule has 3 heterocycles. The Labute approximate surface area is 606 Å². The zero-order chi connectivity index (χ0) is 73.1. The second-order valence-corrected chi connectivity index (χ2v) is 24.6. The third-order valence-electron chi connectivity index (χ3n) is 17.6. The largest absolute Gasteiger partial charge is 0.507 e. The van der Waals surface area contributed by atoms with Crippen molar-refractivity contribution >= 4 is 76.9 Å². The molecule has 9 aromatic rings. The van der Waals surface area contributed by atoms with Crippen molar-refractivity contribution < 1.29 is 82.8 Å². The highest BCUT2D eigenvalue weighted by atomic mass is 35.5. The molecule has 9 aromatic carbocycles. The maximum atomic E-state index is 13.2. The molecule has 3 fully saturated rings. The maximum absolute atomic E-state index is 13.2. The number of methoxy groups -OCH3 is 1. The smallest absolute Gasteiger partial charge is 0.339 e. The summed E-state index contributed by atoms with van der Waals surface area (Å²) in [6.45, 7) is 7.24. The van der Waals surface area contributed by atoms with Crippen LogP contribution < -0.4 is 35.5 Å². The van der Waals surface area contributed by atoms with Crippen molar-refractivity contribution in [2.24, 2.45) is 0 Å². The van der Waals surface area contributed by atoms with E-state index in [-0.39, 0.29) is 110 Å². The highest BCUT2D eigenvalue weighted by molar-refractivity contribution is 6.12. The summed E-state index contributed by atoms with van der Waals surface area (Å²) in [4.78, 5) is 102. The molecule has 0 aromatic heterocycles. The topological polar surface area (TPSA) is 329 Å². The molecule has 0 unspecified atom stereocenters. The molecule has 0 spiro atoms. The number of aromatic hydroxyl groups is 3. The zero-order valence-corrected chi connectivity index (χ0v) is 58.0. The molecule has 24 heteroatoms. The third kappa shape index (κ3) is 20.1. The van der Waals surface area contributed by atoms with Crippen molar-refractivity contribution in [2.75, 3.05) is 62.3 Å². The highest BCUT2D eigenvalue weighted by Crippen LogP contribution is 2.35. The number of nitrogens with one attached hydrogen (secondary N) is 4. The average Bonchev–Trinajstić information content (AvgIpc) is 0.819. The Hall–Kier alpha value is -12.2. The van der Waals surface area contributed by atoms with Gasteiger partial charge in [-0.2, -0.15) is 0 Å². The molecule has 0 bridgehead atoms. The molecule has 0 radical (unpaired) electrons. The summed E-state index contributed by atoms with van der Waals surface area (Å²) >= 11 is 0. The van der Waals surface area contributed by atoms with Crippen molar-refractivity contribution in [1.82, 2.24) is 15.1 Å². The van der Waals surface area contributed by atoms with E-state index in [0.29, 0.717) is 69.1 Å². The number of ether oxygens (including phenoxy) is 4. The molecule has 3 aliphatic heterocycles. The van der Waals surface area contributed by atoms with Gasteiger partial charge in [0.15, 0.2) is 0 Å². The molecule has 0 atom stereocenters. The molecule has 0 saturated carbocycles. The van der Waals surface area contributed by atoms with Gasteiger partial charge in [-0.25, -0.2) is 14.4 Å². The van der Waals surface area contributed by atoms with E-state index in [4.69, 9.17) is 18.9 Å². The Morgan fingerprint density at radius 1 is 0.375 bits per heavy atom. The predicted molar refractivity (Wildman–Crippen MR) is 395 cm³/mol. The number of carbonyl (C=O) groups excluding carboxylic acids is 6. The van der Waals surface area contributed by atoms with Crippen LogP contribution in [0.2, 0.25) is 0 Å². The normalized spacial score (nSPS) is 13.7. The number of hydrogen-bond acceptors (Lipinski definition) is 16. The van der Waals surface area contributed by atoms with E-state index < -0.39 is 35.6 Å². The van der Waals surface area contributed by atoms with Crippen LogP contribution in [0.1, 0.15) is 115 Å². The second kappa shape index (κ2) is 35.9. The molecule has 23 nitrogen and oxygen atoms in total. The minimum Gasteiger partial charge on any atom is -0.507 e. The second-order valence-electron chi connectivity index (χ2n) is 24.6. The number of nitrogens with zero attached hydrogens (tertiary/aromatic N) is 2. The van der Waals surface area contributed by atoms with Crippen LogP contribution in [0.15, 0.2) is 200 Å². The average molecular weight is 1430 g/mol. The molecule has 9 N–H and O–H groups in total. The van der Waals surface area contributed by atoms with Crippen molar-refractivity contribution in [1.29, 1.82) is 0 Å². The lowest BCUT2D eigenvalue weighted by Gasteiger charge is -2.31. The number of phenols is 3. The van der Waals surface area contributed by atoms with Crippen molar-refractivity contribution in [3.05, 3.63) is 234 Å². The number of carboxylic acid groups (broad SMARTS) is 2. The van der Waals surface area contributed by atoms with E-state index in [1.807, 2.05) is 91.0 Å². The number of esters is 1. The third-order valence-corrected chi connectivity index (χ3v) is 17.6. The lowest BCUT2D eigenvalue weighted by molar-refractivity contribution is -0.131. The van der Waals surface area contributed by atoms with Crippen LogP contribution in [0.4, 0.5) is 17.1 Å². The molecule has 0 aliphatic carbocycles. The first-order chi connectivity index (χ1) is 49.7. The molecule has 104 heavy (non-hydrogen) atoms. The van der Waals surface area contributed by atoms with Gasteiger partial charge in [0, 0.05) is 65.7 Å². The molecule has 5 amide bonds. The molecule has 12 rings (SSSR count). The molecular weight excluding hydrogens is 1350 g/mol. The Morgan fingerprint density at radius 2 is 0.673 bits per heavy atom. The van der Waals surface area contributed by atoms with Crippen LogP contribution in [0.5, 0.6) is 34.5 Å². The van der Waals surface area contributed by atoms with Gasteiger partial charge in [-0.15, -0.1) is 12.4 Å². The van der Waals surface area contributed by atoms with Crippen LogP contribution in [-0.4, -0.2) is 147 Å². The summed E-state index contributed by atoms with van der Waals surface area (Å²) in [5.41, 5.74) is 5.57. The van der Waals surface area contributed by atoms with Crippen LogP contribution >= 0.6 is 12.4 Å². The van der Waals surface area contributed by atoms with Gasteiger partial charge in [-0.1, -0.05) is 109 Å². The number of phenolic OH excluding ortho intramolecular Hbond substituents is 3. The first-order valence-electron chi connectivity index (χ1n) is 33.5. The first-order valence-corrected chi connectivity index (χ1v) is 33.5. The zero-order valence-electron chi connectivity index (χ0n) is 57.2. The summed E-state index contributed by atoms with van der Waals surface area (Å²) in [5, 5.41) is 61.4. The van der Waals surface area contributed by atoms with E-state index in [1.54, 1.807) is 77.4 Å². The van der Waals surface area contributed by atoms with Gasteiger partial charge in [0.1, 0.15) is 52.8 Å². The van der Waals surface area contributed by atoms with Gasteiger partial charge in [-0.05, 0) is 150 Å². The van der Waals surface area contributed by atoms with Crippen molar-refractivity contribution in [3.8, 4) is 67.9 Å². The number of anilines is 3. The summed E-state index contributed by atoms with van der Waals surface area (Å²) < 4.78 is 22.9. The number of hydrogen-bond donors (Lipinski definition) is 9. The van der Waals surface area contributed by atoms with E-state index in [2.05, 4.69) is 21.3 Å². The number of amides is 5. The van der Waals surface area contributed by atoms with E-state index in [9.17, 15) is 63.9 Å². The molecule has 3 aliphatic rings.